The molecular formula is C13H18N2O3S. The van der Waals surface area contributed by atoms with Gasteiger partial charge in [0.2, 0.25) is 10.0 Å². The number of ether oxygens (including phenoxy) is 1. The van der Waals surface area contributed by atoms with Crippen LogP contribution in [0.1, 0.15) is 12.5 Å². The van der Waals surface area contributed by atoms with Gasteiger partial charge in [-0.15, -0.1) is 0 Å². The summed E-state index contributed by atoms with van der Waals surface area (Å²) in [5.74, 6) is 5.54. The van der Waals surface area contributed by atoms with E-state index >= 15 is 0 Å². The van der Waals surface area contributed by atoms with Crippen LogP contribution in [0.5, 0.6) is 0 Å². The van der Waals surface area contributed by atoms with Crippen molar-refractivity contribution in [2.24, 2.45) is 5.73 Å². The van der Waals surface area contributed by atoms with Crippen LogP contribution in [-0.4, -0.2) is 34.7 Å². The molecule has 0 saturated carbocycles. The number of sulfonamides is 1. The molecular weight excluding hydrogens is 264 g/mol. The number of hydrogen-bond acceptors (Lipinski definition) is 4. The summed E-state index contributed by atoms with van der Waals surface area (Å²) >= 11 is 0. The maximum absolute atomic E-state index is 11.9. The Hall–Kier alpha value is -1.39. The van der Waals surface area contributed by atoms with E-state index in [4.69, 9.17) is 10.5 Å². The van der Waals surface area contributed by atoms with Crippen molar-refractivity contribution in [2.45, 2.75) is 11.8 Å². The minimum atomic E-state index is -3.48. The highest BCUT2D eigenvalue weighted by Crippen LogP contribution is 2.09. The van der Waals surface area contributed by atoms with Gasteiger partial charge in [0.15, 0.2) is 0 Å². The Bertz CT molecular complexity index is 541. The molecule has 0 unspecified atom stereocenters. The van der Waals surface area contributed by atoms with E-state index in [-0.39, 0.29) is 18.0 Å². The number of hydrogen-bond donors (Lipinski definition) is 2. The molecule has 0 aliphatic rings. The number of nitrogens with one attached hydrogen (secondary N) is 1. The highest BCUT2D eigenvalue weighted by molar-refractivity contribution is 7.89. The predicted octanol–water partition coefficient (Wildman–Crippen LogP) is 0.312. The van der Waals surface area contributed by atoms with Crippen LogP contribution in [0.15, 0.2) is 29.2 Å². The molecule has 0 aliphatic heterocycles. The lowest BCUT2D eigenvalue weighted by molar-refractivity contribution is 0.153. The number of benzene rings is 1. The van der Waals surface area contributed by atoms with Crippen molar-refractivity contribution in [3.05, 3.63) is 29.8 Å². The quantitative estimate of drug-likeness (QED) is 0.581. The molecule has 0 spiro atoms. The maximum atomic E-state index is 11.9. The molecule has 0 radical (unpaired) electrons. The second-order valence-corrected chi connectivity index (χ2v) is 5.39. The summed E-state index contributed by atoms with van der Waals surface area (Å²) < 4.78 is 31.3. The Balaban J connectivity index is 2.68. The molecule has 0 atom stereocenters. The standard InChI is InChI=1S/C13H18N2O3S/c1-2-18-11-10-15-19(16,17)13-7-5-12(6-8-13)4-3-9-14/h5-8,15H,2,9-11,14H2,1H3. The molecule has 5 nitrogen and oxygen atoms in total. The summed E-state index contributed by atoms with van der Waals surface area (Å²) in [6.07, 6.45) is 0. The first kappa shape index (κ1) is 15.7. The minimum Gasteiger partial charge on any atom is -0.380 e. The Kier molecular flexibility index (Phi) is 6.53. The van der Waals surface area contributed by atoms with Crippen molar-refractivity contribution < 1.29 is 13.2 Å². The summed E-state index contributed by atoms with van der Waals surface area (Å²) in [5.41, 5.74) is 6.00. The molecule has 1 aromatic carbocycles. The van der Waals surface area contributed by atoms with Crippen LogP contribution in [0, 0.1) is 11.8 Å². The Labute approximate surface area is 114 Å². The predicted molar refractivity (Wildman–Crippen MR) is 74.1 cm³/mol. The number of rotatable bonds is 6. The van der Waals surface area contributed by atoms with Gasteiger partial charge in [-0.1, -0.05) is 11.8 Å². The second-order valence-electron chi connectivity index (χ2n) is 3.62. The Morgan fingerprint density at radius 1 is 1.32 bits per heavy atom. The zero-order valence-electron chi connectivity index (χ0n) is 10.8. The fraction of sp³-hybridized carbons (Fsp3) is 0.385. The van der Waals surface area contributed by atoms with Crippen molar-refractivity contribution in [3.63, 3.8) is 0 Å². The maximum Gasteiger partial charge on any atom is 0.240 e. The Morgan fingerprint density at radius 3 is 2.58 bits per heavy atom. The third kappa shape index (κ3) is 5.41. The van der Waals surface area contributed by atoms with Gasteiger partial charge in [0.05, 0.1) is 18.0 Å². The largest absolute Gasteiger partial charge is 0.380 e. The van der Waals surface area contributed by atoms with Crippen LogP contribution in [0.3, 0.4) is 0 Å². The van der Waals surface area contributed by atoms with E-state index in [1.165, 1.54) is 12.1 Å². The molecule has 0 bridgehead atoms. The molecule has 1 aromatic rings. The first-order chi connectivity index (χ1) is 9.10. The smallest absolute Gasteiger partial charge is 0.240 e. The van der Waals surface area contributed by atoms with Crippen LogP contribution in [0.2, 0.25) is 0 Å². The van der Waals surface area contributed by atoms with E-state index in [0.29, 0.717) is 13.2 Å². The van der Waals surface area contributed by atoms with Crippen LogP contribution in [0.25, 0.3) is 0 Å². The molecule has 0 fully saturated rings. The van der Waals surface area contributed by atoms with E-state index in [1.807, 2.05) is 6.92 Å². The molecule has 0 heterocycles. The normalized spacial score (nSPS) is 10.8. The molecule has 3 N–H and O–H groups in total. The van der Waals surface area contributed by atoms with Crippen LogP contribution < -0.4 is 10.5 Å². The lowest BCUT2D eigenvalue weighted by atomic mass is 10.2. The Morgan fingerprint density at radius 2 is 2.00 bits per heavy atom. The van der Waals surface area contributed by atoms with Gasteiger partial charge < -0.3 is 10.5 Å². The third-order valence-corrected chi connectivity index (χ3v) is 3.72. The van der Waals surface area contributed by atoms with Gasteiger partial charge in [-0.2, -0.15) is 0 Å². The molecule has 0 saturated heterocycles. The van der Waals surface area contributed by atoms with Crippen molar-refractivity contribution in [2.75, 3.05) is 26.3 Å². The first-order valence-corrected chi connectivity index (χ1v) is 7.45. The number of nitrogens with two attached hydrogens (primary N) is 1. The van der Waals surface area contributed by atoms with Gasteiger partial charge >= 0.3 is 0 Å². The molecule has 0 aliphatic carbocycles. The van der Waals surface area contributed by atoms with Crippen molar-refractivity contribution >= 4 is 10.0 Å². The van der Waals surface area contributed by atoms with Gasteiger partial charge in [0.1, 0.15) is 0 Å². The fourth-order valence-electron chi connectivity index (χ4n) is 1.35. The summed E-state index contributed by atoms with van der Waals surface area (Å²) in [5, 5.41) is 0. The molecule has 0 amide bonds. The van der Waals surface area contributed by atoms with Gasteiger partial charge in [0, 0.05) is 18.7 Å². The van der Waals surface area contributed by atoms with Crippen LogP contribution >= 0.6 is 0 Å². The molecule has 0 aromatic heterocycles. The highest BCUT2D eigenvalue weighted by Gasteiger charge is 2.12. The summed E-state index contributed by atoms with van der Waals surface area (Å²) in [7, 11) is -3.48. The van der Waals surface area contributed by atoms with Crippen molar-refractivity contribution in [3.8, 4) is 11.8 Å². The zero-order valence-corrected chi connectivity index (χ0v) is 11.7. The second kappa shape index (κ2) is 7.92. The van der Waals surface area contributed by atoms with Gasteiger partial charge in [0.25, 0.3) is 0 Å². The summed E-state index contributed by atoms with van der Waals surface area (Å²) in [6, 6.07) is 6.34. The van der Waals surface area contributed by atoms with Crippen LogP contribution in [-0.2, 0) is 14.8 Å². The first-order valence-electron chi connectivity index (χ1n) is 5.96. The zero-order chi connectivity index (χ0) is 14.1. The molecule has 1 rings (SSSR count). The van der Waals surface area contributed by atoms with Crippen molar-refractivity contribution in [1.82, 2.24) is 4.72 Å². The topological polar surface area (TPSA) is 81.4 Å². The molecule has 6 heteroatoms. The van der Waals surface area contributed by atoms with Crippen LogP contribution in [0.4, 0.5) is 0 Å². The SMILES string of the molecule is CCOCCNS(=O)(=O)c1ccc(C#CCN)cc1. The molecule has 19 heavy (non-hydrogen) atoms. The van der Waals surface area contributed by atoms with E-state index in [9.17, 15) is 8.42 Å². The minimum absolute atomic E-state index is 0.210. The van der Waals surface area contributed by atoms with Gasteiger partial charge in [-0.3, -0.25) is 0 Å². The van der Waals surface area contributed by atoms with E-state index in [2.05, 4.69) is 16.6 Å². The van der Waals surface area contributed by atoms with Gasteiger partial charge in [-0.25, -0.2) is 13.1 Å². The highest BCUT2D eigenvalue weighted by atomic mass is 32.2. The lowest BCUT2D eigenvalue weighted by Gasteiger charge is -2.06. The lowest BCUT2D eigenvalue weighted by Crippen LogP contribution is -2.27. The van der Waals surface area contributed by atoms with E-state index in [0.717, 1.165) is 5.56 Å². The fourth-order valence-corrected chi connectivity index (χ4v) is 2.36. The monoisotopic (exact) mass is 282 g/mol. The summed E-state index contributed by atoms with van der Waals surface area (Å²) in [6.45, 7) is 3.31. The van der Waals surface area contributed by atoms with E-state index < -0.39 is 10.0 Å². The van der Waals surface area contributed by atoms with Gasteiger partial charge in [-0.05, 0) is 31.2 Å². The summed E-state index contributed by atoms with van der Waals surface area (Å²) in [4.78, 5) is 0.210. The van der Waals surface area contributed by atoms with E-state index in [1.54, 1.807) is 12.1 Å². The third-order valence-electron chi connectivity index (χ3n) is 2.24. The molecule has 104 valence electrons. The average Bonchev–Trinajstić information content (AvgIpc) is 2.42. The van der Waals surface area contributed by atoms with Crippen molar-refractivity contribution in [1.29, 1.82) is 0 Å². The average molecular weight is 282 g/mol.